The maximum Gasteiger partial charge on any atom is 0.0456 e. The summed E-state index contributed by atoms with van der Waals surface area (Å²) in [5.41, 5.74) is 12.6. The van der Waals surface area contributed by atoms with Crippen molar-refractivity contribution in [1.82, 2.24) is 9.88 Å². The number of fused-ring (bicyclic) bond motifs is 2. The quantitative estimate of drug-likeness (QED) is 0.412. The van der Waals surface area contributed by atoms with Gasteiger partial charge in [-0.1, -0.05) is 43.7 Å². The molecule has 0 radical (unpaired) electrons. The normalized spacial score (nSPS) is 16.6. The summed E-state index contributed by atoms with van der Waals surface area (Å²) in [5.74, 6) is 0. The number of para-hydroxylation sites is 1. The number of H-pyrrole nitrogens is 1. The summed E-state index contributed by atoms with van der Waals surface area (Å²) in [6.07, 6.45) is 8.51. The van der Waals surface area contributed by atoms with Crippen LogP contribution in [-0.4, -0.2) is 29.0 Å². The second-order valence-corrected chi connectivity index (χ2v) is 8.20. The Kier molecular flexibility index (Phi) is 6.01. The number of nitrogens with zero attached hydrogens (tertiary/aromatic N) is 1. The summed E-state index contributed by atoms with van der Waals surface area (Å²) < 4.78 is 0. The molecule has 0 saturated carbocycles. The lowest BCUT2D eigenvalue weighted by molar-refractivity contribution is 0.185. The molecule has 0 bridgehead atoms. The maximum atomic E-state index is 6.17. The summed E-state index contributed by atoms with van der Waals surface area (Å²) in [6.45, 7) is 4.66. The average molecular weight is 376 g/mol. The maximum absolute atomic E-state index is 6.17. The minimum atomic E-state index is 0.674. The second-order valence-electron chi connectivity index (χ2n) is 8.20. The highest BCUT2D eigenvalue weighted by Crippen LogP contribution is 2.28. The molecular weight excluding hydrogens is 342 g/mol. The number of aromatic nitrogens is 1. The van der Waals surface area contributed by atoms with Gasteiger partial charge in [0.1, 0.15) is 0 Å². The van der Waals surface area contributed by atoms with E-state index in [0.29, 0.717) is 6.04 Å². The number of hydrogen-bond acceptors (Lipinski definition) is 2. The number of hydrogen-bond donors (Lipinski definition) is 2. The summed E-state index contributed by atoms with van der Waals surface area (Å²) in [6, 6.07) is 18.0. The van der Waals surface area contributed by atoms with E-state index in [1.165, 1.54) is 60.0 Å². The van der Waals surface area contributed by atoms with Crippen LogP contribution in [0.5, 0.6) is 0 Å². The fourth-order valence-electron chi connectivity index (χ4n) is 4.80. The van der Waals surface area contributed by atoms with Crippen LogP contribution in [0.15, 0.2) is 48.5 Å². The number of anilines is 1. The molecule has 0 amide bonds. The molecule has 0 aliphatic heterocycles. The van der Waals surface area contributed by atoms with Gasteiger partial charge in [-0.3, -0.25) is 0 Å². The number of benzene rings is 2. The third-order valence-corrected chi connectivity index (χ3v) is 6.39. The third-order valence-electron chi connectivity index (χ3n) is 6.39. The molecule has 0 spiro atoms. The molecule has 0 fully saturated rings. The molecule has 28 heavy (non-hydrogen) atoms. The predicted molar refractivity (Wildman–Crippen MR) is 120 cm³/mol. The fraction of sp³-hybridized carbons (Fsp3) is 0.440. The average Bonchev–Trinajstić information content (AvgIpc) is 3.13. The van der Waals surface area contributed by atoms with Crippen LogP contribution in [-0.2, 0) is 19.3 Å². The number of aryl methyl sites for hydroxylation is 1. The van der Waals surface area contributed by atoms with Crippen molar-refractivity contribution < 1.29 is 0 Å². The number of nitrogens with two attached hydrogens (primary N) is 1. The largest absolute Gasteiger partial charge is 0.398 e. The molecule has 1 heterocycles. The molecule has 1 atom stereocenters. The number of aromatic amines is 1. The van der Waals surface area contributed by atoms with Crippen LogP contribution in [0.4, 0.5) is 5.69 Å². The Labute approximate surface area is 168 Å². The number of unbranched alkanes of at least 4 members (excludes halogenated alkanes) is 2. The first-order valence-corrected chi connectivity index (χ1v) is 10.9. The lowest BCUT2D eigenvalue weighted by Crippen LogP contribution is -2.40. The van der Waals surface area contributed by atoms with E-state index in [1.807, 2.05) is 6.07 Å². The van der Waals surface area contributed by atoms with Crippen LogP contribution in [0.25, 0.3) is 10.9 Å². The van der Waals surface area contributed by atoms with Gasteiger partial charge in [-0.2, -0.15) is 0 Å². The van der Waals surface area contributed by atoms with Crippen LogP contribution >= 0.6 is 0 Å². The SMILES string of the molecule is CCN(CCCCCc1cc2ccccc2[nH]1)C1CCc2c(N)cccc2C1. The van der Waals surface area contributed by atoms with Crippen molar-refractivity contribution in [2.45, 2.75) is 57.9 Å². The van der Waals surface area contributed by atoms with Gasteiger partial charge in [-0.05, 0) is 86.3 Å². The van der Waals surface area contributed by atoms with Crippen molar-refractivity contribution in [1.29, 1.82) is 0 Å². The monoisotopic (exact) mass is 375 g/mol. The van der Waals surface area contributed by atoms with E-state index in [-0.39, 0.29) is 0 Å². The number of rotatable bonds is 8. The summed E-state index contributed by atoms with van der Waals surface area (Å²) in [7, 11) is 0. The molecule has 2 aromatic carbocycles. The molecule has 3 N–H and O–H groups in total. The lowest BCUT2D eigenvalue weighted by Gasteiger charge is -2.35. The molecule has 1 aliphatic carbocycles. The van der Waals surface area contributed by atoms with Crippen molar-refractivity contribution in [3.63, 3.8) is 0 Å². The number of likely N-dealkylation sites (N-methyl/N-ethyl adjacent to an activating group) is 1. The van der Waals surface area contributed by atoms with Crippen LogP contribution in [0, 0.1) is 0 Å². The Morgan fingerprint density at radius 2 is 1.96 bits per heavy atom. The summed E-state index contributed by atoms with van der Waals surface area (Å²) >= 11 is 0. The predicted octanol–water partition coefficient (Wildman–Crippen LogP) is 5.34. The van der Waals surface area contributed by atoms with E-state index in [1.54, 1.807) is 0 Å². The molecular formula is C25H33N3. The molecule has 1 aromatic heterocycles. The highest BCUT2D eigenvalue weighted by atomic mass is 15.1. The topological polar surface area (TPSA) is 45.0 Å². The Morgan fingerprint density at radius 1 is 1.07 bits per heavy atom. The molecule has 3 nitrogen and oxygen atoms in total. The highest BCUT2D eigenvalue weighted by molar-refractivity contribution is 5.80. The third kappa shape index (κ3) is 4.25. The fourth-order valence-corrected chi connectivity index (χ4v) is 4.80. The Morgan fingerprint density at radius 3 is 2.82 bits per heavy atom. The van der Waals surface area contributed by atoms with E-state index < -0.39 is 0 Å². The first-order valence-electron chi connectivity index (χ1n) is 10.9. The molecule has 3 aromatic rings. The number of nitrogen functional groups attached to an aromatic ring is 1. The minimum absolute atomic E-state index is 0.674. The minimum Gasteiger partial charge on any atom is -0.398 e. The van der Waals surface area contributed by atoms with Crippen molar-refractivity contribution in [2.75, 3.05) is 18.8 Å². The van der Waals surface area contributed by atoms with Crippen molar-refractivity contribution in [3.05, 3.63) is 65.4 Å². The zero-order chi connectivity index (χ0) is 19.3. The first-order chi connectivity index (χ1) is 13.7. The molecule has 3 heteroatoms. The van der Waals surface area contributed by atoms with Crippen LogP contribution in [0.2, 0.25) is 0 Å². The zero-order valence-corrected chi connectivity index (χ0v) is 17.1. The van der Waals surface area contributed by atoms with E-state index in [4.69, 9.17) is 5.73 Å². The van der Waals surface area contributed by atoms with Crippen molar-refractivity contribution in [3.8, 4) is 0 Å². The van der Waals surface area contributed by atoms with Crippen LogP contribution in [0.1, 0.15) is 49.4 Å². The summed E-state index contributed by atoms with van der Waals surface area (Å²) in [4.78, 5) is 6.24. The van der Waals surface area contributed by atoms with Crippen LogP contribution < -0.4 is 5.73 Å². The van der Waals surface area contributed by atoms with Gasteiger partial charge in [0, 0.05) is 22.9 Å². The lowest BCUT2D eigenvalue weighted by atomic mass is 9.86. The van der Waals surface area contributed by atoms with E-state index in [0.717, 1.165) is 31.5 Å². The number of nitrogens with one attached hydrogen (secondary N) is 1. The van der Waals surface area contributed by atoms with Gasteiger partial charge < -0.3 is 15.6 Å². The first kappa shape index (κ1) is 19.1. The van der Waals surface area contributed by atoms with E-state index in [9.17, 15) is 0 Å². The van der Waals surface area contributed by atoms with Gasteiger partial charge in [0.2, 0.25) is 0 Å². The molecule has 148 valence electrons. The van der Waals surface area contributed by atoms with Gasteiger partial charge >= 0.3 is 0 Å². The molecule has 1 aliphatic rings. The van der Waals surface area contributed by atoms with Gasteiger partial charge in [0.25, 0.3) is 0 Å². The molecule has 0 saturated heterocycles. The Hall–Kier alpha value is -2.26. The van der Waals surface area contributed by atoms with Crippen molar-refractivity contribution >= 4 is 16.6 Å². The molecule has 4 rings (SSSR count). The van der Waals surface area contributed by atoms with Gasteiger partial charge in [0.15, 0.2) is 0 Å². The molecule has 1 unspecified atom stereocenters. The smallest absolute Gasteiger partial charge is 0.0456 e. The van der Waals surface area contributed by atoms with Crippen LogP contribution in [0.3, 0.4) is 0 Å². The van der Waals surface area contributed by atoms with E-state index >= 15 is 0 Å². The standard InChI is InChI=1S/C25H33N3/c1-2-28(22-14-15-23-19(18-22)10-8-12-24(23)26)16-7-3-4-11-21-17-20-9-5-6-13-25(20)27-21/h5-6,8-10,12-13,17,22,27H,2-4,7,11,14-16,18,26H2,1H3. The van der Waals surface area contributed by atoms with Crippen molar-refractivity contribution in [2.24, 2.45) is 0 Å². The van der Waals surface area contributed by atoms with E-state index in [2.05, 4.69) is 59.3 Å². The van der Waals surface area contributed by atoms with Gasteiger partial charge in [-0.15, -0.1) is 0 Å². The Bertz CT molecular complexity index is 878. The summed E-state index contributed by atoms with van der Waals surface area (Å²) in [5, 5.41) is 1.33. The zero-order valence-electron chi connectivity index (χ0n) is 17.1. The Balaban J connectivity index is 1.23. The second kappa shape index (κ2) is 8.83. The van der Waals surface area contributed by atoms with Gasteiger partial charge in [-0.25, -0.2) is 0 Å². The highest BCUT2D eigenvalue weighted by Gasteiger charge is 2.24. The van der Waals surface area contributed by atoms with Gasteiger partial charge in [0.05, 0.1) is 0 Å².